The summed E-state index contributed by atoms with van der Waals surface area (Å²) in [5.74, 6) is 1.34. The third-order valence-corrected chi connectivity index (χ3v) is 3.30. The lowest BCUT2D eigenvalue weighted by molar-refractivity contribution is -0.122. The Kier molecular flexibility index (Phi) is 4.92. The third-order valence-electron chi connectivity index (χ3n) is 3.30. The van der Waals surface area contributed by atoms with Crippen LogP contribution in [0.15, 0.2) is 24.5 Å². The Morgan fingerprint density at radius 3 is 2.86 bits per heavy atom. The molecule has 112 valence electrons. The molecule has 2 rings (SSSR count). The molecule has 0 bridgehead atoms. The van der Waals surface area contributed by atoms with Gasteiger partial charge >= 0.3 is 0 Å². The minimum absolute atomic E-state index is 0.0808. The standard InChI is InChI=1S/C15H20N4O2/c1-10-4-5-13(8-11(10)2)21-7-6-14(20)18-12(3)15-16-9-17-19-15/h4-5,8-9,12H,6-7H2,1-3H3,(H,18,20)(H,16,17,19). The molecule has 1 atom stereocenters. The lowest BCUT2D eigenvalue weighted by atomic mass is 10.1. The van der Waals surface area contributed by atoms with Crippen molar-refractivity contribution in [3.8, 4) is 5.75 Å². The molecule has 0 saturated heterocycles. The van der Waals surface area contributed by atoms with Crippen molar-refractivity contribution < 1.29 is 9.53 Å². The van der Waals surface area contributed by atoms with Gasteiger partial charge in [-0.1, -0.05) is 6.07 Å². The number of H-pyrrole nitrogens is 1. The van der Waals surface area contributed by atoms with Crippen LogP contribution in [0.1, 0.15) is 36.3 Å². The van der Waals surface area contributed by atoms with Crippen molar-refractivity contribution >= 4 is 5.91 Å². The van der Waals surface area contributed by atoms with Gasteiger partial charge in [-0.05, 0) is 44.0 Å². The maximum Gasteiger partial charge on any atom is 0.224 e. The van der Waals surface area contributed by atoms with Gasteiger partial charge in [-0.3, -0.25) is 9.89 Å². The summed E-state index contributed by atoms with van der Waals surface area (Å²) in [5, 5.41) is 9.32. The Morgan fingerprint density at radius 2 is 2.19 bits per heavy atom. The van der Waals surface area contributed by atoms with Gasteiger partial charge in [-0.2, -0.15) is 5.10 Å². The minimum Gasteiger partial charge on any atom is -0.493 e. The Labute approximate surface area is 123 Å². The van der Waals surface area contributed by atoms with Gasteiger partial charge in [0.2, 0.25) is 5.91 Å². The van der Waals surface area contributed by atoms with E-state index in [1.807, 2.05) is 32.0 Å². The van der Waals surface area contributed by atoms with E-state index in [-0.39, 0.29) is 11.9 Å². The van der Waals surface area contributed by atoms with Gasteiger partial charge < -0.3 is 10.1 Å². The normalized spacial score (nSPS) is 12.0. The van der Waals surface area contributed by atoms with Crippen LogP contribution in [-0.4, -0.2) is 27.7 Å². The lowest BCUT2D eigenvalue weighted by Crippen LogP contribution is -2.28. The quantitative estimate of drug-likeness (QED) is 0.852. The highest BCUT2D eigenvalue weighted by Gasteiger charge is 2.11. The Balaban J connectivity index is 1.75. The zero-order valence-corrected chi connectivity index (χ0v) is 12.5. The number of hydrogen-bond acceptors (Lipinski definition) is 4. The Bertz CT molecular complexity index is 596. The van der Waals surface area contributed by atoms with Crippen molar-refractivity contribution in [3.05, 3.63) is 41.5 Å². The predicted molar refractivity (Wildman–Crippen MR) is 79.0 cm³/mol. The van der Waals surface area contributed by atoms with Crippen molar-refractivity contribution in [1.29, 1.82) is 0 Å². The summed E-state index contributed by atoms with van der Waals surface area (Å²) in [4.78, 5) is 15.8. The first-order valence-corrected chi connectivity index (χ1v) is 6.91. The number of aromatic nitrogens is 3. The summed E-state index contributed by atoms with van der Waals surface area (Å²) in [7, 11) is 0. The summed E-state index contributed by atoms with van der Waals surface area (Å²) >= 11 is 0. The number of carbonyl (C=O) groups is 1. The summed E-state index contributed by atoms with van der Waals surface area (Å²) < 4.78 is 5.59. The molecule has 1 aromatic carbocycles. The number of amides is 1. The number of nitrogens with zero attached hydrogens (tertiary/aromatic N) is 2. The maximum absolute atomic E-state index is 11.8. The molecule has 1 unspecified atom stereocenters. The van der Waals surface area contributed by atoms with Crippen LogP contribution >= 0.6 is 0 Å². The smallest absolute Gasteiger partial charge is 0.224 e. The topological polar surface area (TPSA) is 79.9 Å². The minimum atomic E-state index is -0.193. The maximum atomic E-state index is 11.8. The molecule has 0 saturated carbocycles. The van der Waals surface area contributed by atoms with Crippen molar-refractivity contribution in [2.24, 2.45) is 0 Å². The van der Waals surface area contributed by atoms with Crippen LogP contribution in [0.2, 0.25) is 0 Å². The molecule has 0 aliphatic carbocycles. The molecule has 0 aliphatic rings. The summed E-state index contributed by atoms with van der Waals surface area (Å²) in [6.45, 7) is 6.28. The second-order valence-corrected chi connectivity index (χ2v) is 5.00. The average Bonchev–Trinajstić information content (AvgIpc) is 2.97. The van der Waals surface area contributed by atoms with Crippen LogP contribution < -0.4 is 10.1 Å². The van der Waals surface area contributed by atoms with Crippen LogP contribution in [0.3, 0.4) is 0 Å². The fraction of sp³-hybridized carbons (Fsp3) is 0.400. The van der Waals surface area contributed by atoms with E-state index in [1.165, 1.54) is 17.5 Å². The molecule has 21 heavy (non-hydrogen) atoms. The van der Waals surface area contributed by atoms with Gasteiger partial charge in [0.15, 0.2) is 0 Å². The Hall–Kier alpha value is -2.37. The van der Waals surface area contributed by atoms with Gasteiger partial charge in [0, 0.05) is 0 Å². The van der Waals surface area contributed by atoms with Crippen molar-refractivity contribution in [3.63, 3.8) is 0 Å². The first-order valence-electron chi connectivity index (χ1n) is 6.91. The van der Waals surface area contributed by atoms with Gasteiger partial charge in [0.25, 0.3) is 0 Å². The molecular weight excluding hydrogens is 268 g/mol. The van der Waals surface area contributed by atoms with Crippen molar-refractivity contribution in [2.45, 2.75) is 33.2 Å². The van der Waals surface area contributed by atoms with Crippen LogP contribution in [0.5, 0.6) is 5.75 Å². The predicted octanol–water partition coefficient (Wildman–Crippen LogP) is 2.07. The molecule has 1 heterocycles. The molecule has 0 spiro atoms. The van der Waals surface area contributed by atoms with Crippen LogP contribution in [0, 0.1) is 13.8 Å². The number of aryl methyl sites for hydroxylation is 2. The summed E-state index contributed by atoms with van der Waals surface area (Å²) in [6, 6.07) is 5.71. The number of aromatic amines is 1. The van der Waals surface area contributed by atoms with Gasteiger partial charge in [0.05, 0.1) is 19.1 Å². The number of ether oxygens (including phenoxy) is 1. The highest BCUT2D eigenvalue weighted by atomic mass is 16.5. The van der Waals surface area contributed by atoms with E-state index in [4.69, 9.17) is 4.74 Å². The second-order valence-electron chi connectivity index (χ2n) is 5.00. The van der Waals surface area contributed by atoms with E-state index in [9.17, 15) is 4.79 Å². The first-order chi connectivity index (χ1) is 10.1. The van der Waals surface area contributed by atoms with Gasteiger partial charge in [0.1, 0.15) is 17.9 Å². The highest BCUT2D eigenvalue weighted by Crippen LogP contribution is 2.16. The fourth-order valence-corrected chi connectivity index (χ4v) is 1.87. The third kappa shape index (κ3) is 4.30. The van der Waals surface area contributed by atoms with Gasteiger partial charge in [-0.25, -0.2) is 4.98 Å². The fourth-order valence-electron chi connectivity index (χ4n) is 1.87. The molecule has 2 N–H and O–H groups in total. The van der Waals surface area contributed by atoms with E-state index in [0.29, 0.717) is 18.9 Å². The molecule has 2 aromatic rings. The zero-order chi connectivity index (χ0) is 15.2. The molecule has 0 aliphatic heterocycles. The van der Waals surface area contributed by atoms with E-state index >= 15 is 0 Å². The molecule has 0 radical (unpaired) electrons. The molecule has 1 amide bonds. The zero-order valence-electron chi connectivity index (χ0n) is 12.5. The van der Waals surface area contributed by atoms with Crippen LogP contribution in [-0.2, 0) is 4.79 Å². The van der Waals surface area contributed by atoms with E-state index in [0.717, 1.165) is 5.75 Å². The summed E-state index contributed by atoms with van der Waals surface area (Å²) in [6.07, 6.45) is 1.71. The largest absolute Gasteiger partial charge is 0.493 e. The van der Waals surface area contributed by atoms with Gasteiger partial charge in [-0.15, -0.1) is 0 Å². The molecule has 1 aromatic heterocycles. The van der Waals surface area contributed by atoms with E-state index < -0.39 is 0 Å². The highest BCUT2D eigenvalue weighted by molar-refractivity contribution is 5.76. The van der Waals surface area contributed by atoms with Crippen LogP contribution in [0.25, 0.3) is 0 Å². The van der Waals surface area contributed by atoms with Crippen molar-refractivity contribution in [2.75, 3.05) is 6.61 Å². The number of carbonyl (C=O) groups excluding carboxylic acids is 1. The Morgan fingerprint density at radius 1 is 1.38 bits per heavy atom. The SMILES string of the molecule is Cc1ccc(OCCC(=O)NC(C)c2ncn[nH]2)cc1C. The van der Waals surface area contributed by atoms with E-state index in [2.05, 4.69) is 27.4 Å². The first kappa shape index (κ1) is 15.0. The van der Waals surface area contributed by atoms with Crippen molar-refractivity contribution in [1.82, 2.24) is 20.5 Å². The summed E-state index contributed by atoms with van der Waals surface area (Å²) in [5.41, 5.74) is 2.40. The number of nitrogens with one attached hydrogen (secondary N) is 2. The average molecular weight is 288 g/mol. The van der Waals surface area contributed by atoms with Crippen LogP contribution in [0.4, 0.5) is 0 Å². The molecule has 6 heteroatoms. The van der Waals surface area contributed by atoms with E-state index in [1.54, 1.807) is 0 Å². The molecular formula is C15H20N4O2. The molecule has 0 fully saturated rings. The number of benzene rings is 1. The number of hydrogen-bond donors (Lipinski definition) is 2. The number of rotatable bonds is 6. The second kappa shape index (κ2) is 6.88. The monoisotopic (exact) mass is 288 g/mol. The lowest BCUT2D eigenvalue weighted by Gasteiger charge is -2.12. The molecule has 6 nitrogen and oxygen atoms in total.